The van der Waals surface area contributed by atoms with Crippen LogP contribution in [0, 0.1) is 6.92 Å². The smallest absolute Gasteiger partial charge is 0.107 e. The van der Waals surface area contributed by atoms with E-state index in [2.05, 4.69) is 18.3 Å². The number of hydrogen-bond acceptors (Lipinski definition) is 3. The van der Waals surface area contributed by atoms with Gasteiger partial charge in [0.05, 0.1) is 6.61 Å². The molecule has 0 aliphatic carbocycles. The summed E-state index contributed by atoms with van der Waals surface area (Å²) < 4.78 is 6.09. The van der Waals surface area contributed by atoms with E-state index < -0.39 is 0 Å². The van der Waals surface area contributed by atoms with Gasteiger partial charge in [-0.15, -0.1) is 11.3 Å². The second-order valence-corrected chi connectivity index (χ2v) is 5.91. The van der Waals surface area contributed by atoms with Crippen molar-refractivity contribution in [3.63, 3.8) is 0 Å². The molecule has 1 atom stereocenters. The van der Waals surface area contributed by atoms with Crippen molar-refractivity contribution < 1.29 is 4.74 Å². The molecule has 1 spiro atoms. The Balaban J connectivity index is 2.03. The van der Waals surface area contributed by atoms with Crippen LogP contribution in [0.15, 0.2) is 6.07 Å². The Morgan fingerprint density at radius 1 is 1.53 bits per heavy atom. The maximum absolute atomic E-state index is 6.09. The molecule has 0 amide bonds. The highest BCUT2D eigenvalue weighted by Crippen LogP contribution is 2.41. The van der Waals surface area contributed by atoms with E-state index in [4.69, 9.17) is 4.74 Å². The maximum atomic E-state index is 6.09. The molecular weight excluding hydrogens is 206 g/mol. The summed E-state index contributed by atoms with van der Waals surface area (Å²) >= 11 is 1.95. The van der Waals surface area contributed by atoms with E-state index in [0.29, 0.717) is 0 Å². The first-order chi connectivity index (χ1) is 7.30. The number of thiophene rings is 1. The van der Waals surface area contributed by atoms with Crippen molar-refractivity contribution in [2.45, 2.75) is 31.8 Å². The molecular formula is C12H17NOS. The van der Waals surface area contributed by atoms with Crippen LogP contribution in [-0.2, 0) is 16.8 Å². The summed E-state index contributed by atoms with van der Waals surface area (Å²) in [5.74, 6) is 0. The number of piperidine rings is 1. The molecule has 2 aliphatic heterocycles. The van der Waals surface area contributed by atoms with E-state index in [-0.39, 0.29) is 5.60 Å². The van der Waals surface area contributed by atoms with E-state index >= 15 is 0 Å². The molecule has 3 rings (SSSR count). The molecule has 1 saturated heterocycles. The third kappa shape index (κ3) is 1.53. The van der Waals surface area contributed by atoms with Crippen molar-refractivity contribution in [3.05, 3.63) is 21.4 Å². The fourth-order valence-electron chi connectivity index (χ4n) is 2.78. The Morgan fingerprint density at radius 2 is 2.47 bits per heavy atom. The number of ether oxygens (including phenoxy) is 1. The largest absolute Gasteiger partial charge is 0.369 e. The lowest BCUT2D eigenvalue weighted by molar-refractivity contribution is -0.0739. The second kappa shape index (κ2) is 3.58. The molecule has 2 aliphatic rings. The predicted molar refractivity (Wildman–Crippen MR) is 62.5 cm³/mol. The monoisotopic (exact) mass is 223 g/mol. The fourth-order valence-corrected chi connectivity index (χ4v) is 3.89. The van der Waals surface area contributed by atoms with Crippen LogP contribution in [0.5, 0.6) is 0 Å². The average Bonchev–Trinajstić information content (AvgIpc) is 2.62. The minimum absolute atomic E-state index is 0.0105. The van der Waals surface area contributed by atoms with E-state index in [1.165, 1.54) is 23.3 Å². The normalized spacial score (nSPS) is 30.5. The molecule has 2 nitrogen and oxygen atoms in total. The van der Waals surface area contributed by atoms with Crippen LogP contribution in [0.25, 0.3) is 0 Å². The first-order valence-corrected chi connectivity index (χ1v) is 6.56. The number of rotatable bonds is 0. The molecule has 1 fully saturated rings. The predicted octanol–water partition coefficient (Wildman–Crippen LogP) is 2.21. The van der Waals surface area contributed by atoms with E-state index in [1.54, 1.807) is 4.88 Å². The lowest BCUT2D eigenvalue weighted by atomic mass is 9.84. The van der Waals surface area contributed by atoms with Crippen LogP contribution in [0.4, 0.5) is 0 Å². The van der Waals surface area contributed by atoms with Gasteiger partial charge in [0.2, 0.25) is 0 Å². The van der Waals surface area contributed by atoms with Crippen LogP contribution >= 0.6 is 11.3 Å². The van der Waals surface area contributed by atoms with Gasteiger partial charge in [0.25, 0.3) is 0 Å². The number of hydrogen-bond donors (Lipinski definition) is 1. The Bertz CT molecular complexity index is 366. The Hall–Kier alpha value is -0.380. The van der Waals surface area contributed by atoms with Gasteiger partial charge in [-0.05, 0) is 37.9 Å². The average molecular weight is 223 g/mol. The van der Waals surface area contributed by atoms with Gasteiger partial charge in [-0.1, -0.05) is 0 Å². The standard InChI is InChI=1S/C12H17NOS/c1-9-7-10-11(15-9)3-6-14-12(10)4-2-5-13-8-12/h7,13H,2-6,8H2,1H3/t12-/m0/s1. The van der Waals surface area contributed by atoms with Crippen molar-refractivity contribution in [1.82, 2.24) is 5.32 Å². The summed E-state index contributed by atoms with van der Waals surface area (Å²) in [5.41, 5.74) is 1.49. The van der Waals surface area contributed by atoms with Crippen LogP contribution in [0.1, 0.15) is 28.2 Å². The van der Waals surface area contributed by atoms with Crippen molar-refractivity contribution in [1.29, 1.82) is 0 Å². The molecule has 0 unspecified atom stereocenters. The molecule has 0 aromatic carbocycles. The molecule has 1 aromatic heterocycles. The summed E-state index contributed by atoms with van der Waals surface area (Å²) in [6.45, 7) is 5.24. The van der Waals surface area contributed by atoms with Gasteiger partial charge in [0.1, 0.15) is 5.60 Å². The van der Waals surface area contributed by atoms with Gasteiger partial charge >= 0.3 is 0 Å². The van der Waals surface area contributed by atoms with Crippen molar-refractivity contribution in [2.24, 2.45) is 0 Å². The van der Waals surface area contributed by atoms with Crippen molar-refractivity contribution in [3.8, 4) is 0 Å². The maximum Gasteiger partial charge on any atom is 0.107 e. The van der Waals surface area contributed by atoms with Gasteiger partial charge in [-0.2, -0.15) is 0 Å². The van der Waals surface area contributed by atoms with Crippen LogP contribution in [0.2, 0.25) is 0 Å². The molecule has 0 radical (unpaired) electrons. The van der Waals surface area contributed by atoms with Gasteiger partial charge in [0.15, 0.2) is 0 Å². The van der Waals surface area contributed by atoms with E-state index in [9.17, 15) is 0 Å². The van der Waals surface area contributed by atoms with Crippen LogP contribution < -0.4 is 5.32 Å². The first kappa shape index (κ1) is 9.82. The highest BCUT2D eigenvalue weighted by molar-refractivity contribution is 7.12. The number of fused-ring (bicyclic) bond motifs is 2. The van der Waals surface area contributed by atoms with Gasteiger partial charge < -0.3 is 10.1 Å². The molecule has 15 heavy (non-hydrogen) atoms. The quantitative estimate of drug-likeness (QED) is 0.728. The molecule has 3 heteroatoms. The highest BCUT2D eigenvalue weighted by atomic mass is 32.1. The van der Waals surface area contributed by atoms with Crippen molar-refractivity contribution >= 4 is 11.3 Å². The summed E-state index contributed by atoms with van der Waals surface area (Å²) in [7, 11) is 0. The summed E-state index contributed by atoms with van der Waals surface area (Å²) in [6, 6.07) is 2.34. The van der Waals surface area contributed by atoms with Crippen molar-refractivity contribution in [2.75, 3.05) is 19.7 Å². The molecule has 82 valence electrons. The summed E-state index contributed by atoms with van der Waals surface area (Å²) in [6.07, 6.45) is 3.52. The first-order valence-electron chi connectivity index (χ1n) is 5.75. The molecule has 3 heterocycles. The number of nitrogens with one attached hydrogen (secondary N) is 1. The minimum atomic E-state index is 0.0105. The highest BCUT2D eigenvalue weighted by Gasteiger charge is 2.39. The lowest BCUT2D eigenvalue weighted by Crippen LogP contribution is -2.47. The zero-order chi connectivity index (χ0) is 10.3. The Morgan fingerprint density at radius 3 is 3.27 bits per heavy atom. The van der Waals surface area contributed by atoms with Crippen LogP contribution in [-0.4, -0.2) is 19.7 Å². The van der Waals surface area contributed by atoms with Crippen LogP contribution in [0.3, 0.4) is 0 Å². The molecule has 0 bridgehead atoms. The zero-order valence-corrected chi connectivity index (χ0v) is 9.95. The minimum Gasteiger partial charge on any atom is -0.369 e. The zero-order valence-electron chi connectivity index (χ0n) is 9.14. The number of aryl methyl sites for hydroxylation is 1. The SMILES string of the molecule is Cc1cc2c(s1)CCO[C@]21CCCNC1. The second-order valence-electron chi connectivity index (χ2n) is 4.57. The summed E-state index contributed by atoms with van der Waals surface area (Å²) in [4.78, 5) is 2.98. The molecule has 0 saturated carbocycles. The van der Waals surface area contributed by atoms with Gasteiger partial charge in [0, 0.05) is 22.7 Å². The third-order valence-electron chi connectivity index (χ3n) is 3.48. The van der Waals surface area contributed by atoms with E-state index in [0.717, 1.165) is 26.1 Å². The fraction of sp³-hybridized carbons (Fsp3) is 0.667. The Kier molecular flexibility index (Phi) is 2.34. The summed E-state index contributed by atoms with van der Waals surface area (Å²) in [5, 5.41) is 3.48. The Labute approximate surface area is 94.6 Å². The molecule has 1 aromatic rings. The topological polar surface area (TPSA) is 21.3 Å². The third-order valence-corrected chi connectivity index (χ3v) is 4.59. The van der Waals surface area contributed by atoms with E-state index in [1.807, 2.05) is 11.3 Å². The van der Waals surface area contributed by atoms with Gasteiger partial charge in [-0.25, -0.2) is 0 Å². The molecule has 1 N–H and O–H groups in total. The van der Waals surface area contributed by atoms with Gasteiger partial charge in [-0.3, -0.25) is 0 Å². The lowest BCUT2D eigenvalue weighted by Gasteiger charge is -2.40.